The van der Waals surface area contributed by atoms with E-state index < -0.39 is 0 Å². The predicted molar refractivity (Wildman–Crippen MR) is 150 cm³/mol. The first-order valence-electron chi connectivity index (χ1n) is 13.3. The van der Waals surface area contributed by atoms with E-state index in [4.69, 9.17) is 9.72 Å². The summed E-state index contributed by atoms with van der Waals surface area (Å²) in [5.74, 6) is 2.49. The van der Waals surface area contributed by atoms with E-state index in [1.807, 2.05) is 0 Å². The van der Waals surface area contributed by atoms with Gasteiger partial charge in [0.05, 0.1) is 16.7 Å². The first-order chi connectivity index (χ1) is 16.8. The van der Waals surface area contributed by atoms with Crippen molar-refractivity contribution in [2.45, 2.75) is 72.3 Å². The van der Waals surface area contributed by atoms with E-state index in [1.54, 1.807) is 12.1 Å². The summed E-state index contributed by atoms with van der Waals surface area (Å²) in [5.41, 5.74) is 3.45. The smallest absolute Gasteiger partial charge is 0.225 e. The molecule has 2 saturated heterocycles. The molecule has 3 fully saturated rings. The fourth-order valence-corrected chi connectivity index (χ4v) is 6.26. The lowest BCUT2D eigenvalue weighted by atomic mass is 9.84. The highest BCUT2D eigenvalue weighted by atomic mass is 32.2. The lowest BCUT2D eigenvalue weighted by molar-refractivity contribution is -0.139. The van der Waals surface area contributed by atoms with Crippen LogP contribution in [0.25, 0.3) is 11.0 Å². The van der Waals surface area contributed by atoms with Gasteiger partial charge in [-0.2, -0.15) is 0 Å². The van der Waals surface area contributed by atoms with Crippen LogP contribution < -0.4 is 4.31 Å². The van der Waals surface area contributed by atoms with E-state index in [0.717, 1.165) is 82.8 Å². The summed E-state index contributed by atoms with van der Waals surface area (Å²) in [5, 5.41) is 0. The normalized spacial score (nSPS) is 20.3. The van der Waals surface area contributed by atoms with Gasteiger partial charge in [0.2, 0.25) is 5.91 Å². The molecular formula is C28H45N5O2S. The lowest BCUT2D eigenvalue weighted by Gasteiger charge is -2.38. The van der Waals surface area contributed by atoms with Gasteiger partial charge in [-0.25, -0.2) is 9.29 Å². The molecule has 3 aliphatic rings. The van der Waals surface area contributed by atoms with Crippen LogP contribution in [0.4, 0.5) is 5.69 Å². The minimum absolute atomic E-state index is 0. The van der Waals surface area contributed by atoms with Gasteiger partial charge in [-0.05, 0) is 49.8 Å². The maximum absolute atomic E-state index is 12.6. The van der Waals surface area contributed by atoms with Crippen molar-refractivity contribution < 1.29 is 9.53 Å². The van der Waals surface area contributed by atoms with Gasteiger partial charge in [-0.3, -0.25) is 4.79 Å². The van der Waals surface area contributed by atoms with Gasteiger partial charge >= 0.3 is 0 Å². The minimum atomic E-state index is -0.0123. The van der Waals surface area contributed by atoms with Gasteiger partial charge < -0.3 is 18.5 Å². The molecule has 36 heavy (non-hydrogen) atoms. The van der Waals surface area contributed by atoms with Crippen LogP contribution in [-0.4, -0.2) is 71.1 Å². The molecule has 1 aliphatic carbocycles. The largest absolute Gasteiger partial charge is 0.381 e. The topological polar surface area (TPSA) is 53.8 Å². The van der Waals surface area contributed by atoms with Crippen LogP contribution in [0.3, 0.4) is 0 Å². The molecule has 2 aliphatic heterocycles. The number of amides is 1. The first kappa shape index (κ1) is 27.3. The van der Waals surface area contributed by atoms with Crippen molar-refractivity contribution in [3.63, 3.8) is 0 Å². The second-order valence-corrected chi connectivity index (χ2v) is 12.7. The molecule has 7 nitrogen and oxygen atoms in total. The highest BCUT2D eigenvalue weighted by Gasteiger charge is 2.32. The Morgan fingerprint density at radius 1 is 1.11 bits per heavy atom. The van der Waals surface area contributed by atoms with E-state index in [-0.39, 0.29) is 12.8 Å². The Morgan fingerprint density at radius 3 is 2.42 bits per heavy atom. The lowest BCUT2D eigenvalue weighted by Crippen LogP contribution is -2.49. The third-order valence-electron chi connectivity index (χ3n) is 7.79. The fourth-order valence-electron chi connectivity index (χ4n) is 5.38. The van der Waals surface area contributed by atoms with Crippen molar-refractivity contribution in [1.82, 2.24) is 18.8 Å². The molecule has 0 spiro atoms. The average Bonchev–Trinajstić information content (AvgIpc) is 3.17. The predicted octanol–water partition coefficient (Wildman–Crippen LogP) is 5.34. The molecule has 0 N–H and O–H groups in total. The number of carbonyl (C=O) groups excluding carboxylic acids is 1. The van der Waals surface area contributed by atoms with Crippen LogP contribution in [0.1, 0.15) is 66.1 Å². The molecule has 0 radical (unpaired) electrons. The molecule has 5 rings (SSSR count). The summed E-state index contributed by atoms with van der Waals surface area (Å²) in [4.78, 5) is 19.8. The zero-order valence-corrected chi connectivity index (χ0v) is 22.6. The van der Waals surface area contributed by atoms with Gasteiger partial charge in [0.15, 0.2) is 0 Å². The van der Waals surface area contributed by atoms with Gasteiger partial charge in [-0.1, -0.05) is 34.6 Å². The summed E-state index contributed by atoms with van der Waals surface area (Å²) >= 11 is 1.75. The van der Waals surface area contributed by atoms with E-state index in [2.05, 4.69) is 64.1 Å². The van der Waals surface area contributed by atoms with Crippen molar-refractivity contribution in [1.29, 1.82) is 0 Å². The van der Waals surface area contributed by atoms with Crippen molar-refractivity contribution >= 4 is 34.8 Å². The number of carbonyl (C=O) groups is 1. The average molecular weight is 516 g/mol. The summed E-state index contributed by atoms with van der Waals surface area (Å²) in [6.07, 6.45) is 5.63. The van der Waals surface area contributed by atoms with Gasteiger partial charge in [0.1, 0.15) is 5.82 Å². The number of benzene rings is 1. The third-order valence-corrected chi connectivity index (χ3v) is 8.84. The maximum atomic E-state index is 12.6. The van der Waals surface area contributed by atoms with Gasteiger partial charge in [0, 0.05) is 76.5 Å². The monoisotopic (exact) mass is 515 g/mol. The molecule has 8 heteroatoms. The number of imidazole rings is 1. The molecule has 1 aromatic carbocycles. The Hall–Kier alpha value is -1.77. The van der Waals surface area contributed by atoms with Crippen molar-refractivity contribution in [2.24, 2.45) is 11.8 Å². The van der Waals surface area contributed by atoms with Crippen molar-refractivity contribution in [3.8, 4) is 0 Å². The quantitative estimate of drug-likeness (QED) is 0.484. The van der Waals surface area contributed by atoms with Crippen LogP contribution in [0.5, 0.6) is 0 Å². The SMILES string of the molecule is C.CN(SN1CCN(C(=O)C2CCC2)CC1)c1ccc2c(c1)nc(C(C)(C)C)n2CC1CCOCC1. The minimum Gasteiger partial charge on any atom is -0.381 e. The molecular weight excluding hydrogens is 470 g/mol. The molecule has 0 bridgehead atoms. The molecule has 200 valence electrons. The van der Waals surface area contributed by atoms with E-state index in [9.17, 15) is 4.79 Å². The highest BCUT2D eigenvalue weighted by molar-refractivity contribution is 7.98. The number of nitrogens with zero attached hydrogens (tertiary/aromatic N) is 5. The standard InChI is InChI=1S/C27H41N5O2S.CH4/c1-27(2,3)26-28-23-18-22(8-9-24(23)32(26)19-20-10-16-34-17-11-20)29(4)35-31-14-12-30(13-15-31)25(33)21-6-5-7-21;/h8-9,18,20-21H,5-7,10-17,19H2,1-4H3;1H4. The molecule has 0 unspecified atom stereocenters. The van der Waals surface area contributed by atoms with Gasteiger partial charge in [-0.15, -0.1) is 0 Å². The molecule has 2 aromatic rings. The van der Waals surface area contributed by atoms with Crippen molar-refractivity contribution in [2.75, 3.05) is 50.7 Å². The molecule has 0 atom stereocenters. The zero-order chi connectivity index (χ0) is 24.6. The first-order valence-corrected chi connectivity index (χ1v) is 14.1. The summed E-state index contributed by atoms with van der Waals surface area (Å²) in [6, 6.07) is 6.70. The Bertz CT molecular complexity index is 1030. The summed E-state index contributed by atoms with van der Waals surface area (Å²) in [6.45, 7) is 13.0. The number of ether oxygens (including phenoxy) is 1. The summed E-state index contributed by atoms with van der Waals surface area (Å²) in [7, 11) is 2.13. The molecule has 1 aromatic heterocycles. The van der Waals surface area contributed by atoms with Crippen LogP contribution in [0.2, 0.25) is 0 Å². The third kappa shape index (κ3) is 5.86. The number of piperazine rings is 1. The molecule has 1 saturated carbocycles. The number of rotatable bonds is 6. The van der Waals surface area contributed by atoms with Gasteiger partial charge in [0.25, 0.3) is 0 Å². The van der Waals surface area contributed by atoms with Crippen LogP contribution in [-0.2, 0) is 21.5 Å². The number of anilines is 1. The zero-order valence-electron chi connectivity index (χ0n) is 21.8. The van der Waals surface area contributed by atoms with Crippen LogP contribution in [0, 0.1) is 11.8 Å². The summed E-state index contributed by atoms with van der Waals surface area (Å²) < 4.78 is 12.7. The Balaban J connectivity index is 0.00000304. The second kappa shape index (κ2) is 11.3. The Kier molecular flexibility index (Phi) is 8.57. The van der Waals surface area contributed by atoms with E-state index >= 15 is 0 Å². The Morgan fingerprint density at radius 2 is 1.81 bits per heavy atom. The Labute approximate surface area is 221 Å². The fraction of sp³-hybridized carbons (Fsp3) is 0.714. The van der Waals surface area contributed by atoms with E-state index in [0.29, 0.717) is 17.7 Å². The van der Waals surface area contributed by atoms with Crippen LogP contribution in [0.15, 0.2) is 18.2 Å². The number of fused-ring (bicyclic) bond motifs is 1. The molecule has 3 heterocycles. The maximum Gasteiger partial charge on any atom is 0.225 e. The second-order valence-electron chi connectivity index (χ2n) is 11.5. The number of hydrogen-bond acceptors (Lipinski definition) is 6. The molecule has 1 amide bonds. The highest BCUT2D eigenvalue weighted by Crippen LogP contribution is 2.33. The van der Waals surface area contributed by atoms with Crippen molar-refractivity contribution in [3.05, 3.63) is 24.0 Å². The van der Waals surface area contributed by atoms with E-state index in [1.165, 1.54) is 17.8 Å². The van der Waals surface area contributed by atoms with Crippen LogP contribution >= 0.6 is 12.1 Å². The number of aromatic nitrogens is 2. The number of hydrogen-bond donors (Lipinski definition) is 0.